The Labute approximate surface area is 178 Å². The molecule has 4 rings (SSSR count). The number of carbonyl (C=O) groups excluding carboxylic acids is 1. The molecule has 1 aromatic heterocycles. The third kappa shape index (κ3) is 3.00. The van der Waals surface area contributed by atoms with E-state index in [1.807, 2.05) is 0 Å². The zero-order valence-electron chi connectivity index (χ0n) is 17.1. The SMILES string of the molecule is COc1cnc(C(=O)Nc2ccc(F)c([C@@]3(C)NC(=N)N(C)S(=O)(=O)C34CC4)c2)cn1. The van der Waals surface area contributed by atoms with Crippen LogP contribution in [0.15, 0.2) is 30.6 Å². The number of benzene rings is 1. The van der Waals surface area contributed by atoms with Crippen molar-refractivity contribution in [1.82, 2.24) is 19.6 Å². The first-order chi connectivity index (χ1) is 14.6. The normalized spacial score (nSPS) is 23.2. The molecule has 1 aliphatic carbocycles. The van der Waals surface area contributed by atoms with Gasteiger partial charge in [0.15, 0.2) is 0 Å². The van der Waals surface area contributed by atoms with E-state index in [4.69, 9.17) is 10.1 Å². The van der Waals surface area contributed by atoms with Crippen molar-refractivity contribution in [3.8, 4) is 5.88 Å². The van der Waals surface area contributed by atoms with Crippen LogP contribution in [-0.4, -0.2) is 53.5 Å². The lowest BCUT2D eigenvalue weighted by molar-refractivity contribution is 0.102. The van der Waals surface area contributed by atoms with Crippen molar-refractivity contribution < 1.29 is 22.3 Å². The van der Waals surface area contributed by atoms with Gasteiger partial charge in [-0.1, -0.05) is 0 Å². The Morgan fingerprint density at radius 2 is 2.03 bits per heavy atom. The molecule has 1 amide bonds. The molecule has 1 aliphatic heterocycles. The molecule has 0 bridgehead atoms. The van der Waals surface area contributed by atoms with Gasteiger partial charge in [-0.2, -0.15) is 0 Å². The van der Waals surface area contributed by atoms with Gasteiger partial charge in [-0.3, -0.25) is 10.2 Å². The topological polar surface area (TPSA) is 137 Å². The summed E-state index contributed by atoms with van der Waals surface area (Å²) < 4.78 is 45.5. The van der Waals surface area contributed by atoms with E-state index in [2.05, 4.69) is 20.6 Å². The standard InChI is InChI=1S/C19H21FN6O4S/c1-18(19(6-7-19)31(28,29)26(2)17(21)25-18)12-8-11(4-5-13(12)20)24-16(27)14-9-23-15(30-3)10-22-14/h4-5,8-10H,6-7H2,1-3H3,(H2,21,25)(H,24,27)/t18-/m1/s1. The summed E-state index contributed by atoms with van der Waals surface area (Å²) in [5.41, 5.74) is -1.07. The number of methoxy groups -OCH3 is 1. The lowest BCUT2D eigenvalue weighted by atomic mass is 9.85. The molecule has 1 saturated carbocycles. The number of sulfonamides is 1. The van der Waals surface area contributed by atoms with Crippen LogP contribution in [0.2, 0.25) is 0 Å². The van der Waals surface area contributed by atoms with Crippen molar-refractivity contribution in [3.63, 3.8) is 0 Å². The molecular weight excluding hydrogens is 427 g/mol. The summed E-state index contributed by atoms with van der Waals surface area (Å²) in [5.74, 6) is -1.31. The van der Waals surface area contributed by atoms with Gasteiger partial charge in [-0.25, -0.2) is 27.1 Å². The molecule has 0 radical (unpaired) electrons. The van der Waals surface area contributed by atoms with E-state index in [1.54, 1.807) is 6.92 Å². The Kier molecular flexibility index (Phi) is 4.65. The van der Waals surface area contributed by atoms with Gasteiger partial charge in [-0.15, -0.1) is 0 Å². The second kappa shape index (κ2) is 6.87. The predicted octanol–water partition coefficient (Wildman–Crippen LogP) is 1.42. The summed E-state index contributed by atoms with van der Waals surface area (Å²) in [6, 6.07) is 3.90. The van der Waals surface area contributed by atoms with Crippen molar-refractivity contribution in [3.05, 3.63) is 47.7 Å². The number of nitrogens with one attached hydrogen (secondary N) is 3. The molecule has 164 valence electrons. The van der Waals surface area contributed by atoms with Crippen LogP contribution in [0.4, 0.5) is 10.1 Å². The minimum absolute atomic E-state index is 0.0262. The molecule has 2 aliphatic rings. The Balaban J connectivity index is 1.69. The van der Waals surface area contributed by atoms with Crippen LogP contribution in [-0.2, 0) is 15.6 Å². The second-order valence-electron chi connectivity index (χ2n) is 7.66. The maximum absolute atomic E-state index is 14.9. The molecule has 1 atom stereocenters. The van der Waals surface area contributed by atoms with E-state index in [0.717, 1.165) is 10.4 Å². The van der Waals surface area contributed by atoms with Crippen LogP contribution in [0.1, 0.15) is 35.8 Å². The summed E-state index contributed by atoms with van der Waals surface area (Å²) in [6.07, 6.45) is 3.19. The summed E-state index contributed by atoms with van der Waals surface area (Å²) in [6.45, 7) is 1.57. The molecule has 2 fully saturated rings. The van der Waals surface area contributed by atoms with E-state index in [0.29, 0.717) is 12.8 Å². The average molecular weight is 448 g/mol. The summed E-state index contributed by atoms with van der Waals surface area (Å²) >= 11 is 0. The highest BCUT2D eigenvalue weighted by Crippen LogP contribution is 2.58. The Bertz CT molecular complexity index is 1180. The summed E-state index contributed by atoms with van der Waals surface area (Å²) in [7, 11) is -1.15. The first-order valence-corrected chi connectivity index (χ1v) is 10.8. The van der Waals surface area contributed by atoms with Gasteiger partial charge in [0.2, 0.25) is 21.9 Å². The molecule has 1 aromatic carbocycles. The van der Waals surface area contributed by atoms with Gasteiger partial charge >= 0.3 is 0 Å². The van der Waals surface area contributed by atoms with Crippen LogP contribution >= 0.6 is 0 Å². The Morgan fingerprint density at radius 3 is 2.61 bits per heavy atom. The van der Waals surface area contributed by atoms with Gasteiger partial charge < -0.3 is 15.4 Å². The molecule has 3 N–H and O–H groups in total. The molecule has 10 nitrogen and oxygen atoms in total. The number of ether oxygens (including phenoxy) is 1. The molecule has 31 heavy (non-hydrogen) atoms. The van der Waals surface area contributed by atoms with Crippen LogP contribution < -0.4 is 15.4 Å². The molecule has 2 aromatic rings. The number of nitrogens with zero attached hydrogens (tertiary/aromatic N) is 3. The predicted molar refractivity (Wildman–Crippen MR) is 110 cm³/mol. The summed E-state index contributed by atoms with van der Waals surface area (Å²) in [4.78, 5) is 20.4. The number of aromatic nitrogens is 2. The molecular formula is C19H21FN6O4S. The van der Waals surface area contributed by atoms with Crippen molar-refractivity contribution >= 4 is 27.6 Å². The number of guanidine groups is 1. The van der Waals surface area contributed by atoms with Crippen LogP contribution in [0.25, 0.3) is 0 Å². The fourth-order valence-corrected chi connectivity index (χ4v) is 6.08. The third-order valence-corrected chi connectivity index (χ3v) is 8.69. The van der Waals surface area contributed by atoms with Crippen LogP contribution in [0.5, 0.6) is 5.88 Å². The Morgan fingerprint density at radius 1 is 1.32 bits per heavy atom. The van der Waals surface area contributed by atoms with Gasteiger partial charge in [0.1, 0.15) is 16.3 Å². The lowest BCUT2D eigenvalue weighted by Crippen LogP contribution is -2.67. The highest BCUT2D eigenvalue weighted by Gasteiger charge is 2.71. The zero-order chi connectivity index (χ0) is 22.6. The number of rotatable bonds is 4. The maximum Gasteiger partial charge on any atom is 0.275 e. The van der Waals surface area contributed by atoms with Crippen molar-refractivity contribution in [1.29, 1.82) is 5.41 Å². The van der Waals surface area contributed by atoms with Crippen LogP contribution in [0.3, 0.4) is 0 Å². The second-order valence-corrected chi connectivity index (χ2v) is 9.94. The number of anilines is 1. The molecule has 12 heteroatoms. The zero-order valence-corrected chi connectivity index (χ0v) is 17.9. The van der Waals surface area contributed by atoms with E-state index in [-0.39, 0.29) is 28.8 Å². The number of carbonyl (C=O) groups is 1. The number of hydrogen-bond acceptors (Lipinski definition) is 7. The summed E-state index contributed by atoms with van der Waals surface area (Å²) in [5, 5.41) is 13.6. The minimum Gasteiger partial charge on any atom is -0.480 e. The van der Waals surface area contributed by atoms with Crippen molar-refractivity contribution in [2.45, 2.75) is 30.1 Å². The Hall–Kier alpha value is -3.28. The van der Waals surface area contributed by atoms with E-state index < -0.39 is 32.0 Å². The van der Waals surface area contributed by atoms with E-state index >= 15 is 0 Å². The third-order valence-electron chi connectivity index (χ3n) is 5.99. The quantitative estimate of drug-likeness (QED) is 0.643. The molecule has 2 heterocycles. The fourth-order valence-electron chi connectivity index (χ4n) is 3.97. The molecule has 0 unspecified atom stereocenters. The largest absolute Gasteiger partial charge is 0.480 e. The van der Waals surface area contributed by atoms with E-state index in [1.165, 1.54) is 38.7 Å². The number of hydrogen-bond donors (Lipinski definition) is 3. The number of halogens is 1. The minimum atomic E-state index is -3.87. The first kappa shape index (κ1) is 21.0. The fraction of sp³-hybridized carbons (Fsp3) is 0.368. The van der Waals surface area contributed by atoms with E-state index in [9.17, 15) is 17.6 Å². The highest BCUT2D eigenvalue weighted by atomic mass is 32.2. The van der Waals surface area contributed by atoms with Gasteiger partial charge in [0.25, 0.3) is 5.91 Å². The smallest absolute Gasteiger partial charge is 0.275 e. The average Bonchev–Trinajstić information content (AvgIpc) is 3.56. The highest BCUT2D eigenvalue weighted by molar-refractivity contribution is 7.91. The number of amides is 1. The monoisotopic (exact) mass is 448 g/mol. The van der Waals surface area contributed by atoms with Crippen molar-refractivity contribution in [2.75, 3.05) is 19.5 Å². The first-order valence-electron chi connectivity index (χ1n) is 9.38. The van der Waals surface area contributed by atoms with Gasteiger partial charge in [0.05, 0.1) is 25.0 Å². The maximum atomic E-state index is 14.9. The lowest BCUT2D eigenvalue weighted by Gasteiger charge is -2.47. The molecule has 1 spiro atoms. The van der Waals surface area contributed by atoms with Crippen LogP contribution in [0, 0.1) is 11.2 Å². The van der Waals surface area contributed by atoms with Gasteiger partial charge in [0, 0.05) is 18.3 Å². The van der Waals surface area contributed by atoms with Gasteiger partial charge in [-0.05, 0) is 38.0 Å². The molecule has 1 saturated heterocycles. The van der Waals surface area contributed by atoms with Crippen molar-refractivity contribution in [2.24, 2.45) is 0 Å².